The summed E-state index contributed by atoms with van der Waals surface area (Å²) in [6.07, 6.45) is 0.359. The molecule has 106 valence electrons. The topological polar surface area (TPSA) is 49.4 Å². The molecule has 0 spiro atoms. The second-order valence-electron chi connectivity index (χ2n) is 5.14. The Kier molecular flexibility index (Phi) is 3.44. The number of benzene rings is 2. The van der Waals surface area contributed by atoms with Gasteiger partial charge in [0.2, 0.25) is 0 Å². The van der Waals surface area contributed by atoms with Crippen LogP contribution in [0.2, 0.25) is 0 Å². The molecule has 0 aromatic heterocycles. The molecule has 0 unspecified atom stereocenters. The van der Waals surface area contributed by atoms with Crippen LogP contribution in [0.4, 0.5) is 16.2 Å². The van der Waals surface area contributed by atoms with Gasteiger partial charge in [0.1, 0.15) is 0 Å². The lowest BCUT2D eigenvalue weighted by atomic mass is 10.0. The number of para-hydroxylation sites is 1. The maximum Gasteiger partial charge on any atom is 0.326 e. The number of carbonyl (C=O) groups excluding carboxylic acids is 2. The lowest BCUT2D eigenvalue weighted by Crippen LogP contribution is -2.40. The van der Waals surface area contributed by atoms with E-state index in [1.165, 1.54) is 0 Å². The van der Waals surface area contributed by atoms with Crippen LogP contribution in [0, 0.1) is 6.92 Å². The van der Waals surface area contributed by atoms with E-state index >= 15 is 0 Å². The van der Waals surface area contributed by atoms with E-state index in [0.717, 1.165) is 11.3 Å². The Bertz CT molecular complexity index is 709. The van der Waals surface area contributed by atoms with Crippen molar-refractivity contribution in [3.63, 3.8) is 0 Å². The van der Waals surface area contributed by atoms with Gasteiger partial charge in [0.25, 0.3) is 0 Å². The number of nitrogens with zero attached hydrogens (tertiary/aromatic N) is 1. The highest BCUT2D eigenvalue weighted by atomic mass is 16.2. The van der Waals surface area contributed by atoms with Gasteiger partial charge < -0.3 is 5.32 Å². The molecule has 4 heteroatoms. The molecule has 0 radical (unpaired) electrons. The quantitative estimate of drug-likeness (QED) is 0.867. The van der Waals surface area contributed by atoms with Gasteiger partial charge in [-0.1, -0.05) is 24.3 Å². The number of fused-ring (bicyclic) bond motifs is 1. The highest BCUT2D eigenvalue weighted by molar-refractivity contribution is 6.11. The first-order valence-electron chi connectivity index (χ1n) is 6.92. The minimum atomic E-state index is -0.208. The predicted molar refractivity (Wildman–Crippen MR) is 82.9 cm³/mol. The molecule has 2 aromatic carbocycles. The maximum absolute atomic E-state index is 12.5. The highest BCUT2D eigenvalue weighted by Crippen LogP contribution is 2.27. The number of hydrogen-bond acceptors (Lipinski definition) is 2. The van der Waals surface area contributed by atoms with Gasteiger partial charge in [-0.05, 0) is 36.8 Å². The molecule has 1 aliphatic rings. The molecule has 0 fully saturated rings. The van der Waals surface area contributed by atoms with Crippen LogP contribution in [-0.4, -0.2) is 18.4 Å². The minimum absolute atomic E-state index is 0.0882. The molecular weight excluding hydrogens is 264 g/mol. The van der Waals surface area contributed by atoms with E-state index in [4.69, 9.17) is 0 Å². The zero-order valence-corrected chi connectivity index (χ0v) is 11.8. The summed E-state index contributed by atoms with van der Waals surface area (Å²) in [6.45, 7) is 2.39. The Morgan fingerprint density at radius 3 is 2.76 bits per heavy atom. The molecule has 2 amide bonds. The SMILES string of the molecule is Cc1cccc(NC(=O)N2CCC(=O)c3ccccc32)c1. The molecule has 21 heavy (non-hydrogen) atoms. The first kappa shape index (κ1) is 13.4. The number of hydrogen-bond donors (Lipinski definition) is 1. The average Bonchev–Trinajstić information content (AvgIpc) is 2.48. The summed E-state index contributed by atoms with van der Waals surface area (Å²) in [6, 6.07) is 14.7. The van der Waals surface area contributed by atoms with Crippen molar-refractivity contribution in [1.82, 2.24) is 0 Å². The van der Waals surface area contributed by atoms with E-state index in [2.05, 4.69) is 5.32 Å². The number of nitrogens with one attached hydrogen (secondary N) is 1. The predicted octanol–water partition coefficient (Wildman–Crippen LogP) is 3.62. The summed E-state index contributed by atoms with van der Waals surface area (Å²) < 4.78 is 0. The van der Waals surface area contributed by atoms with E-state index in [9.17, 15) is 9.59 Å². The fourth-order valence-electron chi connectivity index (χ4n) is 2.54. The van der Waals surface area contributed by atoms with E-state index in [1.54, 1.807) is 11.0 Å². The molecular formula is C17H16N2O2. The maximum atomic E-state index is 12.5. The molecule has 4 nitrogen and oxygen atoms in total. The summed E-state index contributed by atoms with van der Waals surface area (Å²) in [5, 5.41) is 2.88. The number of rotatable bonds is 1. The van der Waals surface area contributed by atoms with Crippen molar-refractivity contribution in [3.8, 4) is 0 Å². The number of anilines is 2. The van der Waals surface area contributed by atoms with Crippen LogP contribution >= 0.6 is 0 Å². The summed E-state index contributed by atoms with van der Waals surface area (Å²) in [4.78, 5) is 26.0. The summed E-state index contributed by atoms with van der Waals surface area (Å²) in [5.41, 5.74) is 3.14. The second kappa shape index (κ2) is 5.40. The molecule has 1 heterocycles. The number of ketones is 1. The Labute approximate surface area is 123 Å². The molecule has 0 bridgehead atoms. The van der Waals surface area contributed by atoms with Crippen LogP contribution in [-0.2, 0) is 0 Å². The number of carbonyl (C=O) groups is 2. The van der Waals surface area contributed by atoms with Crippen LogP contribution in [0.3, 0.4) is 0 Å². The van der Waals surface area contributed by atoms with E-state index in [-0.39, 0.29) is 11.8 Å². The van der Waals surface area contributed by atoms with Gasteiger partial charge in [-0.15, -0.1) is 0 Å². The smallest absolute Gasteiger partial charge is 0.308 e. The fourth-order valence-corrected chi connectivity index (χ4v) is 2.54. The number of amides is 2. The van der Waals surface area contributed by atoms with Gasteiger partial charge in [0, 0.05) is 24.2 Å². The van der Waals surface area contributed by atoms with Crippen LogP contribution < -0.4 is 10.2 Å². The molecule has 0 aliphatic carbocycles. The lowest BCUT2D eigenvalue weighted by molar-refractivity contribution is 0.0981. The normalized spacial score (nSPS) is 13.8. The number of urea groups is 1. The van der Waals surface area contributed by atoms with Crippen LogP contribution in [0.1, 0.15) is 22.3 Å². The number of Topliss-reactive ketones (excluding diaryl/α,β-unsaturated/α-hetero) is 1. The van der Waals surface area contributed by atoms with Gasteiger partial charge in [-0.25, -0.2) is 4.79 Å². The average molecular weight is 280 g/mol. The van der Waals surface area contributed by atoms with Crippen molar-refractivity contribution < 1.29 is 9.59 Å². The van der Waals surface area contributed by atoms with Crippen molar-refractivity contribution in [3.05, 3.63) is 59.7 Å². The Hall–Kier alpha value is -2.62. The first-order valence-corrected chi connectivity index (χ1v) is 6.92. The van der Waals surface area contributed by atoms with Crippen LogP contribution in [0.5, 0.6) is 0 Å². The highest BCUT2D eigenvalue weighted by Gasteiger charge is 2.26. The summed E-state index contributed by atoms with van der Waals surface area (Å²) >= 11 is 0. The second-order valence-corrected chi connectivity index (χ2v) is 5.14. The van der Waals surface area contributed by atoms with Gasteiger partial charge in [0.05, 0.1) is 5.69 Å². The molecule has 0 saturated carbocycles. The van der Waals surface area contributed by atoms with Crippen LogP contribution in [0.25, 0.3) is 0 Å². The first-order chi connectivity index (χ1) is 10.1. The Balaban J connectivity index is 1.86. The van der Waals surface area contributed by atoms with E-state index < -0.39 is 0 Å². The minimum Gasteiger partial charge on any atom is -0.308 e. The van der Waals surface area contributed by atoms with E-state index in [0.29, 0.717) is 24.2 Å². The van der Waals surface area contributed by atoms with Crippen molar-refractivity contribution in [2.45, 2.75) is 13.3 Å². The van der Waals surface area contributed by atoms with Gasteiger partial charge in [-0.3, -0.25) is 9.69 Å². The standard InChI is InChI=1S/C17H16N2O2/c1-12-5-4-6-13(11-12)18-17(21)19-10-9-16(20)14-7-2-3-8-15(14)19/h2-8,11H,9-10H2,1H3,(H,18,21). The largest absolute Gasteiger partial charge is 0.326 e. The zero-order chi connectivity index (χ0) is 14.8. The van der Waals surface area contributed by atoms with Crippen molar-refractivity contribution >= 4 is 23.2 Å². The van der Waals surface area contributed by atoms with Gasteiger partial charge in [-0.2, -0.15) is 0 Å². The van der Waals surface area contributed by atoms with Crippen molar-refractivity contribution in [2.75, 3.05) is 16.8 Å². The van der Waals surface area contributed by atoms with Crippen LogP contribution in [0.15, 0.2) is 48.5 Å². The van der Waals surface area contributed by atoms with E-state index in [1.807, 2.05) is 49.4 Å². The molecule has 2 aromatic rings. The molecule has 3 rings (SSSR count). The van der Waals surface area contributed by atoms with Gasteiger partial charge >= 0.3 is 6.03 Å². The zero-order valence-electron chi connectivity index (χ0n) is 11.8. The number of aryl methyl sites for hydroxylation is 1. The fraction of sp³-hybridized carbons (Fsp3) is 0.176. The molecule has 0 atom stereocenters. The summed E-state index contributed by atoms with van der Waals surface area (Å²) in [7, 11) is 0. The third-order valence-corrected chi connectivity index (χ3v) is 3.57. The monoisotopic (exact) mass is 280 g/mol. The third-order valence-electron chi connectivity index (χ3n) is 3.57. The summed E-state index contributed by atoms with van der Waals surface area (Å²) in [5.74, 6) is 0.0882. The molecule has 1 N–H and O–H groups in total. The van der Waals surface area contributed by atoms with Gasteiger partial charge in [0.15, 0.2) is 5.78 Å². The van der Waals surface area contributed by atoms with Crippen molar-refractivity contribution in [2.24, 2.45) is 0 Å². The Morgan fingerprint density at radius 2 is 1.95 bits per heavy atom. The van der Waals surface area contributed by atoms with Crippen molar-refractivity contribution in [1.29, 1.82) is 0 Å². The third kappa shape index (κ3) is 2.65. The molecule has 1 aliphatic heterocycles. The molecule has 0 saturated heterocycles. The lowest BCUT2D eigenvalue weighted by Gasteiger charge is -2.28. The Morgan fingerprint density at radius 1 is 1.14 bits per heavy atom.